The molecule has 0 aliphatic heterocycles. The van der Waals surface area contributed by atoms with Crippen molar-refractivity contribution in [2.75, 3.05) is 0 Å². The van der Waals surface area contributed by atoms with Gasteiger partial charge in [0.15, 0.2) is 0 Å². The van der Waals surface area contributed by atoms with Crippen LogP contribution in [0, 0.1) is 6.92 Å². The average molecular weight is 299 g/mol. The molecule has 84 valence electrons. The molecule has 2 aromatic heterocycles. The van der Waals surface area contributed by atoms with Gasteiger partial charge in [-0.3, -0.25) is 4.79 Å². The van der Waals surface area contributed by atoms with Crippen molar-refractivity contribution in [2.45, 2.75) is 13.5 Å². The van der Waals surface area contributed by atoms with E-state index in [0.29, 0.717) is 12.2 Å². The number of aromatic nitrogens is 1. The molecule has 2 rings (SSSR count). The number of thiophene rings is 1. The topological polar surface area (TPSA) is 44.9 Å². The second kappa shape index (κ2) is 4.84. The van der Waals surface area contributed by atoms with Crippen LogP contribution in [-0.4, -0.2) is 10.9 Å². The van der Waals surface area contributed by atoms with Gasteiger partial charge in [-0.2, -0.15) is 0 Å². The summed E-state index contributed by atoms with van der Waals surface area (Å²) < 4.78 is 0.879. The third-order valence-corrected chi connectivity index (χ3v) is 3.57. The molecular weight excluding hydrogens is 288 g/mol. The molecule has 2 N–H and O–H groups in total. The van der Waals surface area contributed by atoms with Crippen molar-refractivity contribution < 1.29 is 4.79 Å². The molecule has 0 aliphatic rings. The minimum absolute atomic E-state index is 0.0863. The predicted molar refractivity (Wildman–Crippen MR) is 68.7 cm³/mol. The third-order valence-electron chi connectivity index (χ3n) is 2.11. The van der Waals surface area contributed by atoms with Gasteiger partial charge in [-0.1, -0.05) is 0 Å². The number of nitrogens with one attached hydrogen (secondary N) is 2. The van der Waals surface area contributed by atoms with Gasteiger partial charge < -0.3 is 10.3 Å². The Hall–Kier alpha value is -1.07. The van der Waals surface area contributed by atoms with Crippen molar-refractivity contribution in [3.63, 3.8) is 0 Å². The monoisotopic (exact) mass is 298 g/mol. The first-order valence-corrected chi connectivity index (χ1v) is 6.43. The fourth-order valence-electron chi connectivity index (χ4n) is 1.34. The molecule has 16 heavy (non-hydrogen) atoms. The van der Waals surface area contributed by atoms with E-state index in [0.717, 1.165) is 9.35 Å². The molecule has 0 fully saturated rings. The Balaban J connectivity index is 1.93. The highest BCUT2D eigenvalue weighted by Crippen LogP contribution is 2.15. The molecule has 0 saturated heterocycles. The largest absolute Gasteiger partial charge is 0.356 e. The summed E-state index contributed by atoms with van der Waals surface area (Å²) in [6.45, 7) is 2.63. The first kappa shape index (κ1) is 11.4. The first-order valence-electron chi connectivity index (χ1n) is 4.82. The van der Waals surface area contributed by atoms with E-state index in [1.807, 2.05) is 6.07 Å². The molecule has 0 saturated carbocycles. The van der Waals surface area contributed by atoms with Crippen molar-refractivity contribution in [3.05, 3.63) is 44.3 Å². The van der Waals surface area contributed by atoms with Crippen LogP contribution in [0.1, 0.15) is 20.2 Å². The van der Waals surface area contributed by atoms with Gasteiger partial charge in [0.05, 0.1) is 6.54 Å². The lowest BCUT2D eigenvalue weighted by Crippen LogP contribution is -2.22. The molecule has 0 spiro atoms. The Bertz CT molecular complexity index is 504. The summed E-state index contributed by atoms with van der Waals surface area (Å²) in [6, 6.07) is 5.84. The SMILES string of the molecule is Cc1ccc(CNC(=O)c2cc(Br)c[nH]2)s1. The van der Waals surface area contributed by atoms with Crippen LogP contribution in [0.3, 0.4) is 0 Å². The van der Waals surface area contributed by atoms with E-state index in [1.54, 1.807) is 23.6 Å². The standard InChI is InChI=1S/C11H11BrN2OS/c1-7-2-3-9(16-7)6-14-11(15)10-4-8(12)5-13-10/h2-5,13H,6H2,1H3,(H,14,15). The van der Waals surface area contributed by atoms with Crippen molar-refractivity contribution in [3.8, 4) is 0 Å². The Morgan fingerprint density at radius 2 is 2.38 bits per heavy atom. The maximum absolute atomic E-state index is 11.7. The van der Waals surface area contributed by atoms with E-state index in [2.05, 4.69) is 39.2 Å². The van der Waals surface area contributed by atoms with Gasteiger partial charge in [-0.25, -0.2) is 0 Å². The minimum atomic E-state index is -0.0863. The lowest BCUT2D eigenvalue weighted by Gasteiger charge is -2.00. The molecule has 3 nitrogen and oxygen atoms in total. The molecule has 0 bridgehead atoms. The fraction of sp³-hybridized carbons (Fsp3) is 0.182. The number of amides is 1. The summed E-state index contributed by atoms with van der Waals surface area (Å²) in [7, 11) is 0. The molecule has 0 aromatic carbocycles. The van der Waals surface area contributed by atoms with Crippen molar-refractivity contribution in [1.29, 1.82) is 0 Å². The van der Waals surface area contributed by atoms with Gasteiger partial charge in [0, 0.05) is 20.4 Å². The average Bonchev–Trinajstić information content (AvgIpc) is 2.84. The van der Waals surface area contributed by atoms with Gasteiger partial charge in [0.25, 0.3) is 5.91 Å². The minimum Gasteiger partial charge on any atom is -0.356 e. The maximum atomic E-state index is 11.7. The van der Waals surface area contributed by atoms with Gasteiger partial charge in [-0.15, -0.1) is 11.3 Å². The van der Waals surface area contributed by atoms with Crippen LogP contribution in [0.5, 0.6) is 0 Å². The molecule has 1 amide bonds. The molecule has 0 radical (unpaired) electrons. The quantitative estimate of drug-likeness (QED) is 0.899. The van der Waals surface area contributed by atoms with E-state index in [-0.39, 0.29) is 5.91 Å². The summed E-state index contributed by atoms with van der Waals surface area (Å²) in [5.41, 5.74) is 0.570. The number of carbonyl (C=O) groups excluding carboxylic acids is 1. The lowest BCUT2D eigenvalue weighted by molar-refractivity contribution is 0.0947. The molecule has 0 atom stereocenters. The number of H-pyrrole nitrogens is 1. The zero-order chi connectivity index (χ0) is 11.5. The second-order valence-corrected chi connectivity index (χ2v) is 5.71. The number of halogens is 1. The van der Waals surface area contributed by atoms with Gasteiger partial charge >= 0.3 is 0 Å². The van der Waals surface area contributed by atoms with E-state index >= 15 is 0 Å². The summed E-state index contributed by atoms with van der Waals surface area (Å²) in [5, 5.41) is 2.86. The summed E-state index contributed by atoms with van der Waals surface area (Å²) in [6.07, 6.45) is 1.74. The smallest absolute Gasteiger partial charge is 0.268 e. The van der Waals surface area contributed by atoms with Crippen molar-refractivity contribution >= 4 is 33.2 Å². The first-order chi connectivity index (χ1) is 7.65. The molecule has 5 heteroatoms. The number of hydrogen-bond acceptors (Lipinski definition) is 2. The van der Waals surface area contributed by atoms with Crippen molar-refractivity contribution in [1.82, 2.24) is 10.3 Å². The highest BCUT2D eigenvalue weighted by Gasteiger charge is 2.07. The van der Waals surface area contributed by atoms with E-state index in [4.69, 9.17) is 0 Å². The van der Waals surface area contributed by atoms with Crippen LogP contribution in [0.15, 0.2) is 28.9 Å². The van der Waals surface area contributed by atoms with Crippen LogP contribution >= 0.6 is 27.3 Å². The Kier molecular flexibility index (Phi) is 3.46. The number of hydrogen-bond donors (Lipinski definition) is 2. The van der Waals surface area contributed by atoms with Crippen molar-refractivity contribution in [2.24, 2.45) is 0 Å². The molecule has 0 aliphatic carbocycles. The molecule has 0 unspecified atom stereocenters. The van der Waals surface area contributed by atoms with Crippen LogP contribution < -0.4 is 5.32 Å². The second-order valence-electron chi connectivity index (χ2n) is 3.43. The molecule has 2 aromatic rings. The third kappa shape index (κ3) is 2.74. The van der Waals surface area contributed by atoms with Gasteiger partial charge in [0.2, 0.25) is 0 Å². The molecule has 2 heterocycles. The van der Waals surface area contributed by atoms with Gasteiger partial charge in [0.1, 0.15) is 5.69 Å². The number of aromatic amines is 1. The zero-order valence-corrected chi connectivity index (χ0v) is 11.1. The lowest BCUT2D eigenvalue weighted by atomic mass is 10.4. The molecular formula is C11H11BrN2OS. The van der Waals surface area contributed by atoms with Crippen LogP contribution in [0.25, 0.3) is 0 Å². The predicted octanol–water partition coefficient (Wildman–Crippen LogP) is 3.08. The van der Waals surface area contributed by atoms with E-state index < -0.39 is 0 Å². The number of rotatable bonds is 3. The summed E-state index contributed by atoms with van der Waals surface area (Å²) in [5.74, 6) is -0.0863. The normalized spacial score (nSPS) is 10.4. The Morgan fingerprint density at radius 3 is 2.94 bits per heavy atom. The van der Waals surface area contributed by atoms with E-state index in [1.165, 1.54) is 4.88 Å². The summed E-state index contributed by atoms with van der Waals surface area (Å²) in [4.78, 5) is 17.0. The number of aryl methyl sites for hydroxylation is 1. The number of carbonyl (C=O) groups is 1. The van der Waals surface area contributed by atoms with Gasteiger partial charge in [-0.05, 0) is 41.1 Å². The maximum Gasteiger partial charge on any atom is 0.268 e. The van der Waals surface area contributed by atoms with Crippen LogP contribution in [0.2, 0.25) is 0 Å². The Morgan fingerprint density at radius 1 is 1.56 bits per heavy atom. The fourth-order valence-corrected chi connectivity index (χ4v) is 2.52. The van der Waals surface area contributed by atoms with E-state index in [9.17, 15) is 4.79 Å². The van der Waals surface area contributed by atoms with Crippen LogP contribution in [0.4, 0.5) is 0 Å². The zero-order valence-electron chi connectivity index (χ0n) is 8.71. The highest BCUT2D eigenvalue weighted by molar-refractivity contribution is 9.10. The highest BCUT2D eigenvalue weighted by atomic mass is 79.9. The Labute approximate surface area is 106 Å². The van der Waals surface area contributed by atoms with Crippen LogP contribution in [-0.2, 0) is 6.54 Å². The summed E-state index contributed by atoms with van der Waals surface area (Å²) >= 11 is 4.99.